The van der Waals surface area contributed by atoms with E-state index in [1.165, 1.54) is 19.3 Å². The molecule has 3 atom stereocenters. The summed E-state index contributed by atoms with van der Waals surface area (Å²) in [7, 11) is 0. The van der Waals surface area contributed by atoms with Gasteiger partial charge in [0.15, 0.2) is 0 Å². The van der Waals surface area contributed by atoms with Crippen LogP contribution in [0.15, 0.2) is 24.3 Å². The highest BCUT2D eigenvalue weighted by Gasteiger charge is 2.33. The summed E-state index contributed by atoms with van der Waals surface area (Å²) in [4.78, 5) is 2.45. The van der Waals surface area contributed by atoms with Crippen molar-refractivity contribution in [3.8, 4) is 0 Å². The number of hydrogen-bond acceptors (Lipinski definition) is 2. The van der Waals surface area contributed by atoms with E-state index in [1.807, 2.05) is 12.1 Å². The molecule has 2 nitrogen and oxygen atoms in total. The first-order chi connectivity index (χ1) is 9.69. The Kier molecular flexibility index (Phi) is 5.55. The van der Waals surface area contributed by atoms with Gasteiger partial charge in [0.1, 0.15) is 5.82 Å². The number of nitrogens with zero attached hydrogens (tertiary/aromatic N) is 1. The van der Waals surface area contributed by atoms with Crippen molar-refractivity contribution < 1.29 is 4.39 Å². The van der Waals surface area contributed by atoms with Crippen molar-refractivity contribution in [2.75, 3.05) is 6.54 Å². The topological polar surface area (TPSA) is 29.3 Å². The summed E-state index contributed by atoms with van der Waals surface area (Å²) in [5, 5.41) is 0. The second-order valence-corrected chi connectivity index (χ2v) is 5.83. The van der Waals surface area contributed by atoms with Crippen molar-refractivity contribution in [2.24, 2.45) is 5.73 Å². The van der Waals surface area contributed by atoms with Crippen LogP contribution in [0, 0.1) is 5.82 Å². The summed E-state index contributed by atoms with van der Waals surface area (Å²) < 4.78 is 14.2. The molecule has 20 heavy (non-hydrogen) atoms. The Bertz CT molecular complexity index is 421. The van der Waals surface area contributed by atoms with Gasteiger partial charge in [-0.25, -0.2) is 4.39 Å². The summed E-state index contributed by atoms with van der Waals surface area (Å²) in [6.45, 7) is 5.34. The molecule has 0 aliphatic carbocycles. The van der Waals surface area contributed by atoms with Crippen molar-refractivity contribution in [2.45, 2.75) is 64.1 Å². The predicted octanol–water partition coefficient (Wildman–Crippen LogP) is 3.87. The maximum absolute atomic E-state index is 14.2. The van der Waals surface area contributed by atoms with Crippen LogP contribution < -0.4 is 5.73 Å². The lowest BCUT2D eigenvalue weighted by Crippen LogP contribution is -2.48. The van der Waals surface area contributed by atoms with Gasteiger partial charge in [-0.05, 0) is 38.3 Å². The van der Waals surface area contributed by atoms with Crippen LogP contribution in [0.25, 0.3) is 0 Å². The highest BCUT2D eigenvalue weighted by atomic mass is 19.1. The largest absolute Gasteiger partial charge is 0.326 e. The van der Waals surface area contributed by atoms with Gasteiger partial charge < -0.3 is 5.73 Å². The molecule has 1 aliphatic heterocycles. The van der Waals surface area contributed by atoms with Gasteiger partial charge in [0.2, 0.25) is 0 Å². The van der Waals surface area contributed by atoms with Crippen LogP contribution >= 0.6 is 0 Å². The molecule has 1 fully saturated rings. The third kappa shape index (κ3) is 3.21. The molecule has 0 bridgehead atoms. The lowest BCUT2D eigenvalue weighted by atomic mass is 9.90. The number of halogens is 1. The third-order valence-electron chi connectivity index (χ3n) is 4.60. The van der Waals surface area contributed by atoms with Gasteiger partial charge in [0.05, 0.1) is 6.04 Å². The normalized spacial score (nSPS) is 23.5. The van der Waals surface area contributed by atoms with Gasteiger partial charge in [-0.2, -0.15) is 0 Å². The average molecular weight is 278 g/mol. The van der Waals surface area contributed by atoms with E-state index in [9.17, 15) is 4.39 Å². The summed E-state index contributed by atoms with van der Waals surface area (Å²) >= 11 is 0. The number of benzene rings is 1. The fraction of sp³-hybridized carbons (Fsp3) is 0.647. The zero-order chi connectivity index (χ0) is 14.5. The van der Waals surface area contributed by atoms with Crippen LogP contribution in [-0.4, -0.2) is 23.5 Å². The highest BCUT2D eigenvalue weighted by molar-refractivity contribution is 5.23. The molecule has 3 unspecified atom stereocenters. The zero-order valence-electron chi connectivity index (χ0n) is 12.7. The quantitative estimate of drug-likeness (QED) is 0.886. The minimum atomic E-state index is -0.123. The molecule has 1 heterocycles. The molecule has 112 valence electrons. The molecule has 0 spiro atoms. The minimum absolute atomic E-state index is 0.00597. The van der Waals surface area contributed by atoms with E-state index in [0.29, 0.717) is 6.04 Å². The van der Waals surface area contributed by atoms with Crippen molar-refractivity contribution in [1.29, 1.82) is 0 Å². The lowest BCUT2D eigenvalue weighted by Gasteiger charge is -2.43. The van der Waals surface area contributed by atoms with Crippen molar-refractivity contribution in [1.82, 2.24) is 4.90 Å². The van der Waals surface area contributed by atoms with E-state index >= 15 is 0 Å². The first-order valence-electron chi connectivity index (χ1n) is 7.94. The summed E-state index contributed by atoms with van der Waals surface area (Å²) in [5.74, 6) is -0.123. The minimum Gasteiger partial charge on any atom is -0.326 e. The Morgan fingerprint density at radius 3 is 2.70 bits per heavy atom. The Morgan fingerprint density at radius 1 is 1.30 bits per heavy atom. The molecule has 1 aromatic carbocycles. The average Bonchev–Trinajstić information content (AvgIpc) is 2.49. The van der Waals surface area contributed by atoms with E-state index < -0.39 is 0 Å². The number of likely N-dealkylation sites (tertiary alicyclic amines) is 1. The van der Waals surface area contributed by atoms with Crippen LogP contribution in [0.4, 0.5) is 4.39 Å². The summed E-state index contributed by atoms with van der Waals surface area (Å²) in [5.41, 5.74) is 7.12. The van der Waals surface area contributed by atoms with E-state index in [0.717, 1.165) is 24.9 Å². The standard InChI is InChI=1S/C17H27FN2/c1-3-13-9-7-8-12-20(13)17(16(19)4-2)14-10-5-6-11-15(14)18/h5-6,10-11,13,16-17H,3-4,7-9,12,19H2,1-2H3. The molecule has 0 aromatic heterocycles. The van der Waals surface area contributed by atoms with Gasteiger partial charge in [-0.15, -0.1) is 0 Å². The SMILES string of the molecule is CCC(N)C(c1ccccc1F)N1CCCCC1CC. The second kappa shape index (κ2) is 7.19. The second-order valence-electron chi connectivity index (χ2n) is 5.83. The van der Waals surface area contributed by atoms with E-state index in [2.05, 4.69) is 18.7 Å². The van der Waals surface area contributed by atoms with E-state index in [-0.39, 0.29) is 17.9 Å². The molecule has 3 heteroatoms. The summed E-state index contributed by atoms with van der Waals surface area (Å²) in [6.07, 6.45) is 5.66. The van der Waals surface area contributed by atoms with Gasteiger partial charge in [-0.3, -0.25) is 4.90 Å². The smallest absolute Gasteiger partial charge is 0.128 e. The molecule has 0 radical (unpaired) electrons. The first kappa shape index (κ1) is 15.5. The van der Waals surface area contributed by atoms with Gasteiger partial charge in [0, 0.05) is 17.6 Å². The first-order valence-corrected chi connectivity index (χ1v) is 7.94. The number of piperidine rings is 1. The number of hydrogen-bond donors (Lipinski definition) is 1. The molecular weight excluding hydrogens is 251 g/mol. The molecule has 0 saturated carbocycles. The van der Waals surface area contributed by atoms with Crippen LogP contribution in [0.1, 0.15) is 57.6 Å². The molecule has 1 aliphatic rings. The number of nitrogens with two attached hydrogens (primary N) is 1. The Labute approximate surface area is 122 Å². The van der Waals surface area contributed by atoms with Crippen LogP contribution in [0.5, 0.6) is 0 Å². The summed E-state index contributed by atoms with van der Waals surface area (Å²) in [6, 6.07) is 7.64. The molecule has 0 amide bonds. The molecule has 2 rings (SSSR count). The number of rotatable bonds is 5. The monoisotopic (exact) mass is 278 g/mol. The maximum Gasteiger partial charge on any atom is 0.128 e. The van der Waals surface area contributed by atoms with Gasteiger partial charge in [-0.1, -0.05) is 38.5 Å². The fourth-order valence-corrected chi connectivity index (χ4v) is 3.42. The predicted molar refractivity (Wildman–Crippen MR) is 82.0 cm³/mol. The zero-order valence-corrected chi connectivity index (χ0v) is 12.7. The van der Waals surface area contributed by atoms with E-state index in [4.69, 9.17) is 5.73 Å². The molecule has 2 N–H and O–H groups in total. The molecule has 1 saturated heterocycles. The van der Waals surface area contributed by atoms with Crippen LogP contribution in [0.2, 0.25) is 0 Å². The Hall–Kier alpha value is -0.930. The molecule has 1 aromatic rings. The lowest BCUT2D eigenvalue weighted by molar-refractivity contribution is 0.0738. The highest BCUT2D eigenvalue weighted by Crippen LogP contribution is 2.33. The van der Waals surface area contributed by atoms with Crippen molar-refractivity contribution >= 4 is 0 Å². The van der Waals surface area contributed by atoms with Crippen molar-refractivity contribution in [3.63, 3.8) is 0 Å². The fourth-order valence-electron chi connectivity index (χ4n) is 3.42. The van der Waals surface area contributed by atoms with Crippen LogP contribution in [-0.2, 0) is 0 Å². The van der Waals surface area contributed by atoms with Crippen molar-refractivity contribution in [3.05, 3.63) is 35.6 Å². The Balaban J connectivity index is 2.34. The maximum atomic E-state index is 14.2. The van der Waals surface area contributed by atoms with Gasteiger partial charge in [0.25, 0.3) is 0 Å². The van der Waals surface area contributed by atoms with Gasteiger partial charge >= 0.3 is 0 Å². The third-order valence-corrected chi connectivity index (χ3v) is 4.60. The molecular formula is C17H27FN2. The Morgan fingerprint density at radius 2 is 2.05 bits per heavy atom. The van der Waals surface area contributed by atoms with Crippen LogP contribution in [0.3, 0.4) is 0 Å². The van der Waals surface area contributed by atoms with E-state index in [1.54, 1.807) is 12.1 Å².